The Labute approximate surface area is 123 Å². The van der Waals surface area contributed by atoms with E-state index in [0.29, 0.717) is 17.5 Å². The molecule has 0 saturated heterocycles. The summed E-state index contributed by atoms with van der Waals surface area (Å²) >= 11 is 0. The molecule has 2 aromatic rings. The molecule has 1 aromatic heterocycles. The number of nitrogens with zero attached hydrogens (tertiary/aromatic N) is 2. The number of aromatic nitrogens is 1. The van der Waals surface area contributed by atoms with Gasteiger partial charge in [0.05, 0.1) is 11.9 Å². The van der Waals surface area contributed by atoms with Gasteiger partial charge in [-0.05, 0) is 32.0 Å². The molecular weight excluding hydrogens is 268 g/mol. The van der Waals surface area contributed by atoms with Gasteiger partial charge >= 0.3 is 5.97 Å². The molecule has 1 N–H and O–H groups in total. The van der Waals surface area contributed by atoms with Crippen molar-refractivity contribution >= 4 is 22.6 Å². The van der Waals surface area contributed by atoms with Crippen LogP contribution in [0.4, 0.5) is 5.69 Å². The predicted octanol–water partition coefficient (Wildman–Crippen LogP) is 2.02. The molecule has 1 heterocycles. The highest BCUT2D eigenvalue weighted by Crippen LogP contribution is 2.21. The molecule has 0 aliphatic carbocycles. The third-order valence-corrected chi connectivity index (χ3v) is 3.79. The fourth-order valence-corrected chi connectivity index (χ4v) is 2.66. The SMILES string of the molecule is CCn1c(C)c(CC(=O)O)c(=O)c2cc(N(C)C)ccc21. The number of carboxylic acids is 1. The molecule has 5 nitrogen and oxygen atoms in total. The molecule has 0 spiro atoms. The number of benzene rings is 1. The highest BCUT2D eigenvalue weighted by Gasteiger charge is 2.16. The molecule has 0 bridgehead atoms. The van der Waals surface area contributed by atoms with Crippen LogP contribution < -0.4 is 10.3 Å². The Morgan fingerprint density at radius 3 is 2.52 bits per heavy atom. The maximum Gasteiger partial charge on any atom is 0.308 e. The van der Waals surface area contributed by atoms with Crippen molar-refractivity contribution in [3.8, 4) is 0 Å². The van der Waals surface area contributed by atoms with E-state index < -0.39 is 5.97 Å². The lowest BCUT2D eigenvalue weighted by atomic mass is 10.0. The molecule has 0 atom stereocenters. The van der Waals surface area contributed by atoms with Crippen molar-refractivity contribution in [3.63, 3.8) is 0 Å². The smallest absolute Gasteiger partial charge is 0.308 e. The Hall–Kier alpha value is -2.30. The average molecular weight is 288 g/mol. The standard InChI is InChI=1S/C16H20N2O3/c1-5-18-10(2)12(9-15(19)20)16(21)13-8-11(17(3)4)6-7-14(13)18/h6-8H,5,9H2,1-4H3,(H,19,20). The third kappa shape index (κ3) is 2.63. The molecule has 112 valence electrons. The highest BCUT2D eigenvalue weighted by atomic mass is 16.4. The first-order valence-electron chi connectivity index (χ1n) is 6.92. The van der Waals surface area contributed by atoms with E-state index in [0.717, 1.165) is 16.9 Å². The second-order valence-corrected chi connectivity index (χ2v) is 5.30. The van der Waals surface area contributed by atoms with E-state index in [9.17, 15) is 9.59 Å². The number of hydrogen-bond acceptors (Lipinski definition) is 3. The largest absolute Gasteiger partial charge is 0.481 e. The van der Waals surface area contributed by atoms with Crippen LogP contribution in [0.5, 0.6) is 0 Å². The van der Waals surface area contributed by atoms with E-state index in [1.807, 2.05) is 55.6 Å². The molecule has 5 heteroatoms. The number of rotatable bonds is 4. The number of anilines is 1. The topological polar surface area (TPSA) is 62.5 Å². The fraction of sp³-hybridized carbons (Fsp3) is 0.375. The van der Waals surface area contributed by atoms with Crippen LogP contribution in [-0.2, 0) is 17.8 Å². The fourth-order valence-electron chi connectivity index (χ4n) is 2.66. The van der Waals surface area contributed by atoms with E-state index >= 15 is 0 Å². The Kier molecular flexibility index (Phi) is 4.02. The molecule has 21 heavy (non-hydrogen) atoms. The van der Waals surface area contributed by atoms with Crippen molar-refractivity contribution in [2.45, 2.75) is 26.8 Å². The Bertz CT molecular complexity index is 760. The van der Waals surface area contributed by atoms with E-state index in [-0.39, 0.29) is 11.8 Å². The number of aliphatic carboxylic acids is 1. The van der Waals surface area contributed by atoms with Crippen molar-refractivity contribution in [2.75, 3.05) is 19.0 Å². The number of fused-ring (bicyclic) bond motifs is 1. The lowest BCUT2D eigenvalue weighted by Crippen LogP contribution is -2.21. The molecular formula is C16H20N2O3. The quantitative estimate of drug-likeness (QED) is 0.935. The molecule has 0 unspecified atom stereocenters. The number of aryl methyl sites for hydroxylation is 1. The van der Waals surface area contributed by atoms with Crippen LogP contribution in [-0.4, -0.2) is 29.7 Å². The van der Waals surface area contributed by atoms with Gasteiger partial charge in [0.15, 0.2) is 5.43 Å². The van der Waals surface area contributed by atoms with Gasteiger partial charge in [-0.15, -0.1) is 0 Å². The molecule has 0 aliphatic rings. The Balaban J connectivity index is 2.87. The summed E-state index contributed by atoms with van der Waals surface area (Å²) < 4.78 is 1.99. The highest BCUT2D eigenvalue weighted by molar-refractivity contribution is 5.85. The Morgan fingerprint density at radius 2 is 2.00 bits per heavy atom. The molecule has 0 radical (unpaired) electrons. The minimum atomic E-state index is -0.985. The van der Waals surface area contributed by atoms with Crippen LogP contribution in [0.25, 0.3) is 10.9 Å². The van der Waals surface area contributed by atoms with Crippen LogP contribution in [0.3, 0.4) is 0 Å². The normalized spacial score (nSPS) is 10.9. The predicted molar refractivity (Wildman–Crippen MR) is 84.3 cm³/mol. The maximum atomic E-state index is 12.6. The van der Waals surface area contributed by atoms with Gasteiger partial charge in [0.1, 0.15) is 0 Å². The van der Waals surface area contributed by atoms with Crippen LogP contribution >= 0.6 is 0 Å². The monoisotopic (exact) mass is 288 g/mol. The maximum absolute atomic E-state index is 12.6. The summed E-state index contributed by atoms with van der Waals surface area (Å²) in [7, 11) is 3.82. The summed E-state index contributed by atoms with van der Waals surface area (Å²) in [4.78, 5) is 25.6. The number of carbonyl (C=O) groups is 1. The first-order valence-corrected chi connectivity index (χ1v) is 6.92. The summed E-state index contributed by atoms with van der Waals surface area (Å²) in [5.74, 6) is -0.985. The van der Waals surface area contributed by atoms with E-state index in [2.05, 4.69) is 0 Å². The van der Waals surface area contributed by atoms with Crippen molar-refractivity contribution < 1.29 is 9.90 Å². The summed E-state index contributed by atoms with van der Waals surface area (Å²) in [5.41, 5.74) is 2.69. The van der Waals surface area contributed by atoms with Crippen molar-refractivity contribution in [3.05, 3.63) is 39.7 Å². The molecule has 2 rings (SSSR count). The number of hydrogen-bond donors (Lipinski definition) is 1. The molecule has 0 aliphatic heterocycles. The molecule has 0 saturated carbocycles. The number of pyridine rings is 1. The second-order valence-electron chi connectivity index (χ2n) is 5.30. The Morgan fingerprint density at radius 1 is 1.33 bits per heavy atom. The summed E-state index contributed by atoms with van der Waals surface area (Å²) in [5, 5.41) is 9.61. The molecule has 0 fully saturated rings. The van der Waals surface area contributed by atoms with Crippen LogP contribution in [0.1, 0.15) is 18.2 Å². The molecule has 1 aromatic carbocycles. The van der Waals surface area contributed by atoms with Gasteiger partial charge in [0.2, 0.25) is 0 Å². The van der Waals surface area contributed by atoms with Gasteiger partial charge in [-0.25, -0.2) is 0 Å². The van der Waals surface area contributed by atoms with Crippen molar-refractivity contribution in [1.82, 2.24) is 4.57 Å². The second kappa shape index (κ2) is 5.60. The van der Waals surface area contributed by atoms with Gasteiger partial charge in [-0.2, -0.15) is 0 Å². The molecule has 0 amide bonds. The zero-order valence-electron chi connectivity index (χ0n) is 12.8. The van der Waals surface area contributed by atoms with E-state index in [1.54, 1.807) is 0 Å². The zero-order chi connectivity index (χ0) is 15.7. The van der Waals surface area contributed by atoms with Gasteiger partial charge in [0, 0.05) is 43.0 Å². The third-order valence-electron chi connectivity index (χ3n) is 3.79. The summed E-state index contributed by atoms with van der Waals surface area (Å²) in [6.45, 7) is 4.49. The van der Waals surface area contributed by atoms with Gasteiger partial charge in [-0.1, -0.05) is 0 Å². The van der Waals surface area contributed by atoms with E-state index in [1.165, 1.54) is 0 Å². The van der Waals surface area contributed by atoms with Crippen LogP contribution in [0.15, 0.2) is 23.0 Å². The first-order chi connectivity index (χ1) is 9.86. The summed E-state index contributed by atoms with van der Waals surface area (Å²) in [6.07, 6.45) is -0.243. The van der Waals surface area contributed by atoms with Crippen LogP contribution in [0.2, 0.25) is 0 Å². The lowest BCUT2D eigenvalue weighted by Gasteiger charge is -2.18. The van der Waals surface area contributed by atoms with Gasteiger partial charge in [-0.3, -0.25) is 9.59 Å². The average Bonchev–Trinajstić information content (AvgIpc) is 2.43. The summed E-state index contributed by atoms with van der Waals surface area (Å²) in [6, 6.07) is 5.71. The van der Waals surface area contributed by atoms with Gasteiger partial charge in [0.25, 0.3) is 0 Å². The van der Waals surface area contributed by atoms with Crippen molar-refractivity contribution in [2.24, 2.45) is 0 Å². The lowest BCUT2D eigenvalue weighted by molar-refractivity contribution is -0.136. The van der Waals surface area contributed by atoms with Crippen molar-refractivity contribution in [1.29, 1.82) is 0 Å². The van der Waals surface area contributed by atoms with Gasteiger partial charge < -0.3 is 14.6 Å². The number of carboxylic acid groups (broad SMARTS) is 1. The van der Waals surface area contributed by atoms with Crippen LogP contribution in [0, 0.1) is 6.92 Å². The minimum absolute atomic E-state index is 0.182. The minimum Gasteiger partial charge on any atom is -0.481 e. The zero-order valence-corrected chi connectivity index (χ0v) is 12.8. The van der Waals surface area contributed by atoms with E-state index in [4.69, 9.17) is 5.11 Å². The first kappa shape index (κ1) is 15.1.